The quantitative estimate of drug-likeness (QED) is 0.701. The first-order valence-electron chi connectivity index (χ1n) is 5.05. The van der Waals surface area contributed by atoms with E-state index in [-0.39, 0.29) is 0 Å². The monoisotopic (exact) mass is 251 g/mol. The highest BCUT2D eigenvalue weighted by Crippen LogP contribution is 2.48. The summed E-state index contributed by atoms with van der Waals surface area (Å²) in [5.41, 5.74) is -1.52. The van der Waals surface area contributed by atoms with Crippen molar-refractivity contribution in [3.05, 3.63) is 0 Å². The second-order valence-electron chi connectivity index (χ2n) is 5.19. The molecule has 0 aromatic rings. The van der Waals surface area contributed by atoms with E-state index in [2.05, 4.69) is 4.52 Å². The average Bonchev–Trinajstić information content (AvgIpc) is 2.27. The molecule has 95 valence electrons. The van der Waals surface area contributed by atoms with Crippen LogP contribution in [0.25, 0.3) is 0 Å². The van der Waals surface area contributed by atoms with Gasteiger partial charge in [0.05, 0.1) is 11.6 Å². The van der Waals surface area contributed by atoms with E-state index in [1.54, 1.807) is 27.7 Å². The van der Waals surface area contributed by atoms with Crippen molar-refractivity contribution in [2.45, 2.75) is 51.3 Å². The highest BCUT2D eigenvalue weighted by molar-refractivity contribution is 7.45. The smallest absolute Gasteiger partial charge is 0.267 e. The zero-order chi connectivity index (χ0) is 12.8. The average molecular weight is 251 g/mol. The highest BCUT2D eigenvalue weighted by Gasteiger charge is 2.54. The van der Waals surface area contributed by atoms with Crippen LogP contribution in [-0.4, -0.2) is 29.4 Å². The molecule has 0 saturated carbocycles. The van der Waals surface area contributed by atoms with E-state index in [9.17, 15) is 14.7 Å². The molecule has 16 heavy (non-hydrogen) atoms. The van der Waals surface area contributed by atoms with Gasteiger partial charge in [0.2, 0.25) is 0 Å². The summed E-state index contributed by atoms with van der Waals surface area (Å²) in [5.74, 6) is 0. The zero-order valence-electron chi connectivity index (χ0n) is 10.2. The molecule has 0 spiro atoms. The van der Waals surface area contributed by atoms with Gasteiger partial charge in [-0.15, -0.1) is 10.3 Å². The van der Waals surface area contributed by atoms with Crippen LogP contribution in [0.15, 0.2) is 0 Å². The number of nitrogens with zero attached hydrogens (tertiary/aromatic N) is 1. The molecule has 2 atom stereocenters. The third kappa shape index (κ3) is 2.47. The van der Waals surface area contributed by atoms with Crippen LogP contribution in [0, 0.1) is 0 Å². The molecule has 0 bridgehead atoms. The number of hydrogen-bond donors (Lipinski definition) is 0. The van der Waals surface area contributed by atoms with E-state index < -0.39 is 25.0 Å². The fourth-order valence-corrected chi connectivity index (χ4v) is 2.79. The van der Waals surface area contributed by atoms with Crippen LogP contribution >= 0.6 is 7.82 Å². The Balaban J connectivity index is 2.88. The van der Waals surface area contributed by atoms with E-state index in [1.807, 2.05) is 0 Å². The summed E-state index contributed by atoms with van der Waals surface area (Å²) in [5, 5.41) is 12.8. The van der Waals surface area contributed by atoms with Gasteiger partial charge in [-0.05, 0) is 34.1 Å². The molecule has 1 radical (unpaired) electrons. The van der Waals surface area contributed by atoms with Gasteiger partial charge in [0, 0.05) is 12.6 Å². The summed E-state index contributed by atoms with van der Waals surface area (Å²) in [4.78, 5) is 11.2. The predicted octanol–water partition coefficient (Wildman–Crippen LogP) is 1.09. The largest absolute Gasteiger partial charge is 0.756 e. The van der Waals surface area contributed by atoms with E-state index >= 15 is 0 Å². The Morgan fingerprint density at radius 3 is 2.19 bits per heavy atom. The Bertz CT molecular complexity index is 317. The number of phosphoric acid groups is 1. The van der Waals surface area contributed by atoms with Crippen LogP contribution in [0.5, 0.6) is 0 Å². The Morgan fingerprint density at radius 2 is 1.88 bits per heavy atom. The summed E-state index contributed by atoms with van der Waals surface area (Å²) in [6.07, 6.45) is -0.345. The highest BCUT2D eigenvalue weighted by atomic mass is 31.2. The van der Waals surface area contributed by atoms with Crippen molar-refractivity contribution in [1.29, 1.82) is 0 Å². The first-order chi connectivity index (χ1) is 7.03. The third-order valence-corrected chi connectivity index (χ3v) is 3.99. The predicted molar refractivity (Wildman–Crippen MR) is 54.8 cm³/mol. The molecule has 0 aromatic heterocycles. The van der Waals surface area contributed by atoms with Crippen molar-refractivity contribution < 1.29 is 23.7 Å². The SMILES string of the molecule is COP(=O)([O-])OC1CC(C)(C)N([O])C1(C)C. The molecule has 1 rings (SSSR count). The van der Waals surface area contributed by atoms with Gasteiger partial charge >= 0.3 is 0 Å². The van der Waals surface area contributed by atoms with Crippen LogP contribution in [0.1, 0.15) is 34.1 Å². The standard InChI is InChI=1S/C9H19NO5P/c1-8(2)6-7(9(3,4)10(8)11)15-16(12,13)14-5/h7H,6H2,1-5H3,(H,12,13)/p-1. The normalized spacial score (nSPS) is 32.6. The maximum atomic E-state index is 11.9. The molecule has 1 heterocycles. The lowest BCUT2D eigenvalue weighted by Gasteiger charge is -2.35. The first-order valence-corrected chi connectivity index (χ1v) is 6.52. The van der Waals surface area contributed by atoms with Gasteiger partial charge in [-0.2, -0.15) is 0 Å². The summed E-state index contributed by atoms with van der Waals surface area (Å²) in [6, 6.07) is 0. The van der Waals surface area contributed by atoms with Crippen molar-refractivity contribution in [2.75, 3.05) is 7.11 Å². The van der Waals surface area contributed by atoms with E-state index in [4.69, 9.17) is 4.52 Å². The molecule has 0 aliphatic carbocycles. The van der Waals surface area contributed by atoms with E-state index in [0.717, 1.165) is 12.2 Å². The molecule has 7 heteroatoms. The molecule has 0 aromatic carbocycles. The second-order valence-corrected chi connectivity index (χ2v) is 6.66. The number of rotatable bonds is 3. The van der Waals surface area contributed by atoms with Gasteiger partial charge in [0.1, 0.15) is 0 Å². The minimum atomic E-state index is -4.30. The summed E-state index contributed by atoms with van der Waals surface area (Å²) >= 11 is 0. The van der Waals surface area contributed by atoms with Gasteiger partial charge in [0.15, 0.2) is 0 Å². The van der Waals surface area contributed by atoms with Gasteiger partial charge < -0.3 is 13.9 Å². The molecule has 1 aliphatic heterocycles. The fourth-order valence-electron chi connectivity index (χ4n) is 2.06. The van der Waals surface area contributed by atoms with Crippen molar-refractivity contribution >= 4 is 7.82 Å². The lowest BCUT2D eigenvalue weighted by Crippen LogP contribution is -2.48. The van der Waals surface area contributed by atoms with Crippen LogP contribution in [0.2, 0.25) is 0 Å². The molecule has 0 N–H and O–H groups in total. The minimum absolute atomic E-state index is 0.346. The maximum absolute atomic E-state index is 11.9. The van der Waals surface area contributed by atoms with Gasteiger partial charge in [-0.25, -0.2) is 0 Å². The molecular formula is C9H18NO5P-. The Labute approximate surface area is 95.7 Å². The molecule has 2 unspecified atom stereocenters. The summed E-state index contributed by atoms with van der Waals surface area (Å²) < 4.78 is 20.4. The van der Waals surface area contributed by atoms with Crippen LogP contribution < -0.4 is 4.89 Å². The first kappa shape index (κ1) is 14.1. The Kier molecular flexibility index (Phi) is 3.57. The van der Waals surface area contributed by atoms with Crippen molar-refractivity contribution in [3.8, 4) is 0 Å². The fraction of sp³-hybridized carbons (Fsp3) is 1.00. The molecule has 0 amide bonds. The maximum Gasteiger partial charge on any atom is 0.267 e. The molecule has 1 aliphatic rings. The topological polar surface area (TPSA) is 81.7 Å². The molecule has 1 saturated heterocycles. The molecule has 6 nitrogen and oxygen atoms in total. The van der Waals surface area contributed by atoms with E-state index in [1.165, 1.54) is 0 Å². The van der Waals surface area contributed by atoms with Crippen LogP contribution in [-0.2, 0) is 18.8 Å². The minimum Gasteiger partial charge on any atom is -0.756 e. The molecular weight excluding hydrogens is 233 g/mol. The van der Waals surface area contributed by atoms with Gasteiger partial charge in [-0.3, -0.25) is 4.57 Å². The second kappa shape index (κ2) is 4.05. The van der Waals surface area contributed by atoms with Gasteiger partial charge in [-0.1, -0.05) is 0 Å². The van der Waals surface area contributed by atoms with Crippen molar-refractivity contribution in [2.24, 2.45) is 0 Å². The number of hydroxylamine groups is 2. The van der Waals surface area contributed by atoms with Crippen LogP contribution in [0.3, 0.4) is 0 Å². The summed E-state index contributed by atoms with van der Waals surface area (Å²) in [7, 11) is -3.26. The van der Waals surface area contributed by atoms with Crippen molar-refractivity contribution in [1.82, 2.24) is 5.06 Å². The van der Waals surface area contributed by atoms with Gasteiger partial charge in [0.25, 0.3) is 7.82 Å². The molecule has 1 fully saturated rings. The number of phosphoric ester groups is 1. The van der Waals surface area contributed by atoms with E-state index in [0.29, 0.717) is 6.42 Å². The van der Waals surface area contributed by atoms with Crippen molar-refractivity contribution in [3.63, 3.8) is 0 Å². The zero-order valence-corrected chi connectivity index (χ0v) is 11.1. The lowest BCUT2D eigenvalue weighted by atomic mass is 9.97. The van der Waals surface area contributed by atoms with Crippen LogP contribution in [0.4, 0.5) is 0 Å². The Hall–Kier alpha value is 0.0300. The lowest BCUT2D eigenvalue weighted by molar-refractivity contribution is -0.258. The Morgan fingerprint density at radius 1 is 1.38 bits per heavy atom. The third-order valence-electron chi connectivity index (χ3n) is 3.03. The summed E-state index contributed by atoms with van der Waals surface area (Å²) in [6.45, 7) is 6.84. The number of hydrogen-bond acceptors (Lipinski definition) is 5.